The first-order valence-corrected chi connectivity index (χ1v) is 10.5. The minimum atomic E-state index is 1.04. The lowest BCUT2D eigenvalue weighted by Gasteiger charge is -2.09. The summed E-state index contributed by atoms with van der Waals surface area (Å²) in [4.78, 5) is 4.44. The van der Waals surface area contributed by atoms with Crippen molar-refractivity contribution in [1.29, 1.82) is 0 Å². The molecule has 1 aromatic heterocycles. The van der Waals surface area contributed by atoms with Crippen LogP contribution in [-0.2, 0) is 0 Å². The molecule has 0 unspecified atom stereocenters. The largest absolute Gasteiger partial charge is 0.256 e. The Hall–Kier alpha value is -2.67. The Labute approximate surface area is 179 Å². The van der Waals surface area contributed by atoms with Crippen molar-refractivity contribution in [3.8, 4) is 11.3 Å². The van der Waals surface area contributed by atoms with Gasteiger partial charge in [0.25, 0.3) is 0 Å². The zero-order valence-electron chi connectivity index (χ0n) is 19.8. The third kappa shape index (κ3) is 9.38. The summed E-state index contributed by atoms with van der Waals surface area (Å²) in [7, 11) is 0. The van der Waals surface area contributed by atoms with Crippen molar-refractivity contribution in [2.45, 2.75) is 61.8 Å². The fraction of sp³-hybridized carbons (Fsp3) is 0.321. The van der Waals surface area contributed by atoms with Gasteiger partial charge in [0.15, 0.2) is 0 Å². The summed E-state index contributed by atoms with van der Waals surface area (Å²) in [6.45, 7) is 24.3. The van der Waals surface area contributed by atoms with Crippen LogP contribution in [0.1, 0.15) is 64.7 Å². The molecule has 0 aliphatic rings. The predicted molar refractivity (Wildman–Crippen MR) is 133 cm³/mol. The molecule has 0 spiro atoms. The number of allylic oxidation sites excluding steroid dienone is 6. The van der Waals surface area contributed by atoms with Crippen molar-refractivity contribution < 1.29 is 0 Å². The quantitative estimate of drug-likeness (QED) is 0.465. The second-order valence-electron chi connectivity index (χ2n) is 6.88. The van der Waals surface area contributed by atoms with Crippen LogP contribution < -0.4 is 0 Å². The van der Waals surface area contributed by atoms with Crippen molar-refractivity contribution in [2.75, 3.05) is 0 Å². The lowest BCUT2D eigenvalue weighted by atomic mass is 9.98. The minimum Gasteiger partial charge on any atom is -0.256 e. The van der Waals surface area contributed by atoms with Crippen molar-refractivity contribution in [3.05, 3.63) is 95.8 Å². The van der Waals surface area contributed by atoms with Crippen LogP contribution in [0.4, 0.5) is 0 Å². The van der Waals surface area contributed by atoms with Crippen molar-refractivity contribution >= 4 is 5.57 Å². The van der Waals surface area contributed by atoms with Gasteiger partial charge < -0.3 is 0 Å². The van der Waals surface area contributed by atoms with E-state index >= 15 is 0 Å². The Balaban J connectivity index is 0.000000563. The van der Waals surface area contributed by atoms with Gasteiger partial charge in [0, 0.05) is 11.8 Å². The number of aryl methyl sites for hydroxylation is 2. The van der Waals surface area contributed by atoms with E-state index in [1.807, 2.05) is 46.0 Å². The highest BCUT2D eigenvalue weighted by molar-refractivity contribution is 5.70. The molecule has 0 saturated heterocycles. The number of hydrogen-bond donors (Lipinski definition) is 0. The maximum atomic E-state index is 4.44. The van der Waals surface area contributed by atoms with Crippen LogP contribution in [0.25, 0.3) is 16.8 Å². The van der Waals surface area contributed by atoms with E-state index in [0.29, 0.717) is 0 Å². The van der Waals surface area contributed by atoms with Gasteiger partial charge in [-0.25, -0.2) is 0 Å². The number of pyridine rings is 1. The van der Waals surface area contributed by atoms with Crippen LogP contribution in [-0.4, -0.2) is 4.98 Å². The summed E-state index contributed by atoms with van der Waals surface area (Å²) in [5, 5.41) is 0. The lowest BCUT2D eigenvalue weighted by Crippen LogP contribution is -1.90. The molecule has 1 aromatic carbocycles. The van der Waals surface area contributed by atoms with Gasteiger partial charge in [-0.2, -0.15) is 0 Å². The molecule has 0 saturated carbocycles. The first-order valence-electron chi connectivity index (χ1n) is 10.5. The van der Waals surface area contributed by atoms with E-state index in [1.54, 1.807) is 0 Å². The van der Waals surface area contributed by atoms with E-state index in [0.717, 1.165) is 17.7 Å². The van der Waals surface area contributed by atoms with E-state index in [2.05, 4.69) is 82.3 Å². The summed E-state index contributed by atoms with van der Waals surface area (Å²) in [6, 6.07) is 10.5. The van der Waals surface area contributed by atoms with Gasteiger partial charge in [0.05, 0.1) is 5.69 Å². The summed E-state index contributed by atoms with van der Waals surface area (Å²) >= 11 is 0. The molecule has 1 heteroatoms. The SMILES string of the molecule is C=C(/C=C(C)\C=C/C)CC.C=C(C)c1ccc(-c2ncccc2C)cc1C.CC. The summed E-state index contributed by atoms with van der Waals surface area (Å²) in [5.74, 6) is 0. The molecule has 0 fully saturated rings. The molecule has 0 bridgehead atoms. The fourth-order valence-corrected chi connectivity index (χ4v) is 2.81. The molecule has 0 amide bonds. The molecular formula is C28H39N. The van der Waals surface area contributed by atoms with Crippen LogP contribution in [0.5, 0.6) is 0 Å². The fourth-order valence-electron chi connectivity index (χ4n) is 2.81. The Morgan fingerprint density at radius 3 is 2.17 bits per heavy atom. The molecule has 29 heavy (non-hydrogen) atoms. The van der Waals surface area contributed by atoms with Crippen molar-refractivity contribution in [3.63, 3.8) is 0 Å². The molecule has 1 nitrogen and oxygen atoms in total. The van der Waals surface area contributed by atoms with Gasteiger partial charge in [-0.05, 0) is 69.9 Å². The van der Waals surface area contributed by atoms with Crippen LogP contribution in [0, 0.1) is 13.8 Å². The number of benzene rings is 1. The standard InChI is InChI=1S/C16H17N.C10H16.C2H6/c1-11(2)15-8-7-14(10-13(15)4)16-12(3)6-5-9-17-16;1-5-7-10(4)8-9(3)6-2;1-2/h5-10H,1H2,2-4H3;5,7-8H,3,6H2,1-2,4H3;1-2H3/b;7-5-,10-8-;. The van der Waals surface area contributed by atoms with E-state index in [-0.39, 0.29) is 0 Å². The van der Waals surface area contributed by atoms with Crippen LogP contribution in [0.15, 0.2) is 79.1 Å². The molecular weight excluding hydrogens is 350 g/mol. The highest BCUT2D eigenvalue weighted by Gasteiger charge is 2.05. The predicted octanol–water partition coefficient (Wildman–Crippen LogP) is 8.90. The average molecular weight is 390 g/mol. The molecule has 0 aliphatic carbocycles. The van der Waals surface area contributed by atoms with Crippen LogP contribution in [0.3, 0.4) is 0 Å². The first kappa shape index (κ1) is 26.3. The number of aromatic nitrogens is 1. The molecule has 2 aromatic rings. The van der Waals surface area contributed by atoms with Crippen LogP contribution >= 0.6 is 0 Å². The summed E-state index contributed by atoms with van der Waals surface area (Å²) in [6.07, 6.45) is 9.11. The Morgan fingerprint density at radius 1 is 1.03 bits per heavy atom. The molecule has 1 heterocycles. The van der Waals surface area contributed by atoms with Gasteiger partial charge in [-0.15, -0.1) is 0 Å². The van der Waals surface area contributed by atoms with E-state index in [4.69, 9.17) is 0 Å². The molecule has 0 aliphatic heterocycles. The zero-order valence-corrected chi connectivity index (χ0v) is 19.8. The number of nitrogens with zero attached hydrogens (tertiary/aromatic N) is 1. The Morgan fingerprint density at radius 2 is 1.69 bits per heavy atom. The zero-order chi connectivity index (χ0) is 22.4. The number of rotatable bonds is 5. The normalized spacial score (nSPS) is 10.6. The van der Waals surface area contributed by atoms with Gasteiger partial charge >= 0.3 is 0 Å². The average Bonchev–Trinajstić information content (AvgIpc) is 2.70. The number of hydrogen-bond acceptors (Lipinski definition) is 1. The molecule has 0 N–H and O–H groups in total. The molecule has 2 rings (SSSR count). The van der Waals surface area contributed by atoms with Gasteiger partial charge in [0.1, 0.15) is 0 Å². The third-order valence-electron chi connectivity index (χ3n) is 4.28. The van der Waals surface area contributed by atoms with Gasteiger partial charge in [-0.3, -0.25) is 4.98 Å². The Kier molecular flexibility index (Phi) is 13.0. The second kappa shape index (κ2) is 14.3. The van der Waals surface area contributed by atoms with Gasteiger partial charge in [-0.1, -0.05) is 87.1 Å². The summed E-state index contributed by atoms with van der Waals surface area (Å²) < 4.78 is 0. The van der Waals surface area contributed by atoms with Crippen molar-refractivity contribution in [2.24, 2.45) is 0 Å². The maximum Gasteiger partial charge on any atom is 0.0731 e. The molecule has 156 valence electrons. The summed E-state index contributed by atoms with van der Waals surface area (Å²) in [5.41, 5.74) is 9.48. The van der Waals surface area contributed by atoms with E-state index in [9.17, 15) is 0 Å². The van der Waals surface area contributed by atoms with Crippen molar-refractivity contribution in [1.82, 2.24) is 4.98 Å². The lowest BCUT2D eigenvalue weighted by molar-refractivity contribution is 1.15. The highest BCUT2D eigenvalue weighted by atomic mass is 14.7. The highest BCUT2D eigenvalue weighted by Crippen LogP contribution is 2.25. The molecule has 0 atom stereocenters. The smallest absolute Gasteiger partial charge is 0.0731 e. The second-order valence-corrected chi connectivity index (χ2v) is 6.88. The maximum absolute atomic E-state index is 4.44. The topological polar surface area (TPSA) is 12.9 Å². The van der Waals surface area contributed by atoms with Crippen LogP contribution in [0.2, 0.25) is 0 Å². The van der Waals surface area contributed by atoms with E-state index in [1.165, 1.54) is 33.4 Å². The minimum absolute atomic E-state index is 1.04. The van der Waals surface area contributed by atoms with Gasteiger partial charge in [0.2, 0.25) is 0 Å². The third-order valence-corrected chi connectivity index (χ3v) is 4.28. The monoisotopic (exact) mass is 389 g/mol. The molecule has 0 radical (unpaired) electrons. The first-order chi connectivity index (χ1) is 13.8. The van der Waals surface area contributed by atoms with E-state index < -0.39 is 0 Å². The Bertz CT molecular complexity index is 850.